The molecule has 2 aromatic carbocycles. The third-order valence-corrected chi connectivity index (χ3v) is 4.57. The number of hydrogen-bond acceptors (Lipinski definition) is 6. The molecule has 2 aromatic rings. The van der Waals surface area contributed by atoms with Gasteiger partial charge in [0.1, 0.15) is 11.3 Å². The number of rotatable bonds is 5. The molecule has 3 rings (SSSR count). The van der Waals surface area contributed by atoms with Crippen LogP contribution in [0.2, 0.25) is 0 Å². The molecule has 0 aromatic heterocycles. The summed E-state index contributed by atoms with van der Waals surface area (Å²) in [6.07, 6.45) is 0. The summed E-state index contributed by atoms with van der Waals surface area (Å²) in [5.74, 6) is -1.59. The maximum Gasteiger partial charge on any atom is 0.343 e. The van der Waals surface area contributed by atoms with Crippen molar-refractivity contribution in [2.24, 2.45) is 9.98 Å². The third kappa shape index (κ3) is 4.25. The maximum atomic E-state index is 12.7. The Labute approximate surface area is 177 Å². The highest BCUT2D eigenvalue weighted by Gasteiger charge is 2.30. The van der Waals surface area contributed by atoms with Crippen LogP contribution >= 0.6 is 0 Å². The molecule has 0 unspecified atom stereocenters. The number of nitrogens with zero attached hydrogens (tertiary/aromatic N) is 3. The highest BCUT2D eigenvalue weighted by atomic mass is 16.6. The first kappa shape index (κ1) is 21.6. The lowest BCUT2D eigenvalue weighted by atomic mass is 9.99. The summed E-state index contributed by atoms with van der Waals surface area (Å²) in [6, 6.07) is 10.8. The smallest absolute Gasteiger partial charge is 0.343 e. The van der Waals surface area contributed by atoms with Gasteiger partial charge in [-0.1, -0.05) is 24.3 Å². The molecule has 0 aliphatic carbocycles. The number of carbonyl (C=O) groups excluding carboxylic acids is 2. The molecule has 1 N–H and O–H groups in total. The van der Waals surface area contributed by atoms with Crippen molar-refractivity contribution in [3.05, 3.63) is 86.2 Å². The zero-order chi connectivity index (χ0) is 22.7. The lowest BCUT2D eigenvalue weighted by Crippen LogP contribution is -2.18. The average molecular weight is 421 g/mol. The summed E-state index contributed by atoms with van der Waals surface area (Å²) >= 11 is 0. The van der Waals surface area contributed by atoms with Crippen molar-refractivity contribution in [2.75, 3.05) is 6.61 Å². The Bertz CT molecular complexity index is 1190. The monoisotopic (exact) mass is 421 g/mol. The van der Waals surface area contributed by atoms with Gasteiger partial charge in [-0.15, -0.1) is 0 Å². The van der Waals surface area contributed by atoms with E-state index in [0.29, 0.717) is 16.7 Å². The minimum absolute atomic E-state index is 0.0645. The highest BCUT2D eigenvalue weighted by Crippen LogP contribution is 2.26. The molecule has 1 amide bonds. The van der Waals surface area contributed by atoms with Crippen molar-refractivity contribution in [2.45, 2.75) is 20.8 Å². The van der Waals surface area contributed by atoms with E-state index in [4.69, 9.17) is 4.74 Å². The average Bonchev–Trinajstić information content (AvgIpc) is 3.06. The number of nitro benzene ring substituents is 1. The fraction of sp³-hybridized carbons (Fsp3) is 0.182. The molecule has 0 bridgehead atoms. The molecule has 0 radical (unpaired) electrons. The molecule has 1 heterocycles. The van der Waals surface area contributed by atoms with Crippen LogP contribution in [0.4, 0.5) is 5.69 Å². The molecular formula is C22H19N3O6. The Kier molecular flexibility index (Phi) is 6.05. The van der Waals surface area contributed by atoms with E-state index >= 15 is 0 Å². The number of benzene rings is 2. The van der Waals surface area contributed by atoms with E-state index in [2.05, 4.69) is 9.98 Å². The second-order valence-corrected chi connectivity index (χ2v) is 6.69. The zero-order valence-corrected chi connectivity index (χ0v) is 17.1. The Morgan fingerprint density at radius 2 is 1.87 bits per heavy atom. The van der Waals surface area contributed by atoms with Crippen molar-refractivity contribution in [3.63, 3.8) is 0 Å². The number of allylic oxidation sites excluding steroid dienone is 1. The second kappa shape index (κ2) is 8.70. The van der Waals surface area contributed by atoms with Crippen LogP contribution in [-0.4, -0.2) is 40.1 Å². The summed E-state index contributed by atoms with van der Waals surface area (Å²) in [6.45, 7) is 4.63. The Balaban J connectivity index is 2.07. The fourth-order valence-corrected chi connectivity index (χ4v) is 3.16. The van der Waals surface area contributed by atoms with Gasteiger partial charge in [-0.05, 0) is 32.9 Å². The summed E-state index contributed by atoms with van der Waals surface area (Å²) < 4.78 is 5.02. The number of nitro groups is 1. The molecule has 9 nitrogen and oxygen atoms in total. The molecule has 0 fully saturated rings. The van der Waals surface area contributed by atoms with E-state index in [0.717, 1.165) is 0 Å². The minimum Gasteiger partial charge on any atom is -0.512 e. The van der Waals surface area contributed by atoms with Crippen LogP contribution in [0.1, 0.15) is 40.9 Å². The molecule has 0 atom stereocenters. The molecule has 0 saturated heterocycles. The van der Waals surface area contributed by atoms with Gasteiger partial charge in [0.05, 0.1) is 17.2 Å². The Morgan fingerprint density at radius 3 is 2.45 bits per heavy atom. The summed E-state index contributed by atoms with van der Waals surface area (Å²) in [7, 11) is 0. The van der Waals surface area contributed by atoms with Gasteiger partial charge in [-0.3, -0.25) is 14.9 Å². The molecule has 1 aliphatic rings. The number of aliphatic imine (C=N–C) groups is 2. The maximum absolute atomic E-state index is 12.7. The van der Waals surface area contributed by atoms with E-state index < -0.39 is 16.8 Å². The molecule has 0 spiro atoms. The van der Waals surface area contributed by atoms with E-state index in [1.165, 1.54) is 32.0 Å². The number of carbonyl (C=O) groups is 2. The van der Waals surface area contributed by atoms with Crippen LogP contribution in [0.15, 0.2) is 63.8 Å². The van der Waals surface area contributed by atoms with Crippen molar-refractivity contribution in [1.82, 2.24) is 0 Å². The summed E-state index contributed by atoms with van der Waals surface area (Å²) in [5, 5.41) is 21.1. The molecule has 158 valence electrons. The Hall–Kier alpha value is -4.14. The number of aliphatic hydroxyl groups is 1. The lowest BCUT2D eigenvalue weighted by Gasteiger charge is -2.08. The molecular weight excluding hydrogens is 402 g/mol. The standard InChI is InChI=1S/C22H19N3O6/c1-4-31-22(28)18(13(3)26)19-15-7-5-6-8-16(15)20(23-19)24-21(27)14-9-10-17(25(29)30)12(2)11-14/h5-11,26H,4H2,1-3H3/b18-13+,24-20?. The van der Waals surface area contributed by atoms with Crippen LogP contribution < -0.4 is 0 Å². The fourth-order valence-electron chi connectivity index (χ4n) is 3.16. The quantitative estimate of drug-likeness (QED) is 0.257. The van der Waals surface area contributed by atoms with E-state index in [1.54, 1.807) is 31.2 Å². The van der Waals surface area contributed by atoms with Crippen LogP contribution in [0.3, 0.4) is 0 Å². The lowest BCUT2D eigenvalue weighted by molar-refractivity contribution is -0.385. The number of esters is 1. The van der Waals surface area contributed by atoms with Crippen LogP contribution in [0, 0.1) is 17.0 Å². The van der Waals surface area contributed by atoms with E-state index in [1.807, 2.05) is 0 Å². The van der Waals surface area contributed by atoms with Gasteiger partial charge in [0.2, 0.25) is 0 Å². The number of aliphatic hydroxyl groups excluding tert-OH is 1. The van der Waals surface area contributed by atoms with Crippen LogP contribution in [0.5, 0.6) is 0 Å². The van der Waals surface area contributed by atoms with Crippen LogP contribution in [0.25, 0.3) is 0 Å². The van der Waals surface area contributed by atoms with Gasteiger partial charge < -0.3 is 9.84 Å². The first-order chi connectivity index (χ1) is 14.7. The van der Waals surface area contributed by atoms with Gasteiger partial charge in [-0.25, -0.2) is 9.79 Å². The predicted octanol–water partition coefficient (Wildman–Crippen LogP) is 3.69. The van der Waals surface area contributed by atoms with Crippen molar-refractivity contribution in [1.29, 1.82) is 0 Å². The number of ether oxygens (including phenoxy) is 1. The first-order valence-electron chi connectivity index (χ1n) is 9.38. The molecule has 31 heavy (non-hydrogen) atoms. The van der Waals surface area contributed by atoms with Crippen molar-refractivity contribution < 1.29 is 24.4 Å². The van der Waals surface area contributed by atoms with Crippen LogP contribution in [-0.2, 0) is 9.53 Å². The number of amides is 1. The summed E-state index contributed by atoms with van der Waals surface area (Å²) in [5.41, 5.74) is 1.46. The number of aryl methyl sites for hydroxylation is 1. The number of fused-ring (bicyclic) bond motifs is 1. The van der Waals surface area contributed by atoms with Gasteiger partial charge in [-0.2, -0.15) is 4.99 Å². The molecule has 0 saturated carbocycles. The largest absolute Gasteiger partial charge is 0.512 e. The van der Waals surface area contributed by atoms with Gasteiger partial charge in [0, 0.05) is 28.3 Å². The third-order valence-electron chi connectivity index (χ3n) is 4.57. The second-order valence-electron chi connectivity index (χ2n) is 6.69. The molecule has 9 heteroatoms. The van der Waals surface area contributed by atoms with E-state index in [9.17, 15) is 24.8 Å². The van der Waals surface area contributed by atoms with Gasteiger partial charge in [0.15, 0.2) is 5.84 Å². The van der Waals surface area contributed by atoms with Gasteiger partial charge >= 0.3 is 5.97 Å². The number of amidine groups is 1. The zero-order valence-electron chi connectivity index (χ0n) is 17.1. The number of hydrogen-bond donors (Lipinski definition) is 1. The highest BCUT2D eigenvalue weighted by molar-refractivity contribution is 6.36. The Morgan fingerprint density at radius 1 is 1.19 bits per heavy atom. The normalized spacial score (nSPS) is 14.5. The van der Waals surface area contributed by atoms with E-state index in [-0.39, 0.29) is 40.7 Å². The topological polar surface area (TPSA) is 131 Å². The predicted molar refractivity (Wildman–Crippen MR) is 114 cm³/mol. The summed E-state index contributed by atoms with van der Waals surface area (Å²) in [4.78, 5) is 43.9. The van der Waals surface area contributed by atoms with Crippen molar-refractivity contribution in [3.8, 4) is 0 Å². The van der Waals surface area contributed by atoms with Gasteiger partial charge in [0.25, 0.3) is 11.6 Å². The van der Waals surface area contributed by atoms with Crippen molar-refractivity contribution >= 4 is 29.1 Å². The minimum atomic E-state index is -0.741. The SMILES string of the molecule is CCOC(=O)/C(C1=NC(=NC(=O)c2ccc([N+](=O)[O-])c(C)c2)c2ccccc21)=C(\C)O. The first-order valence-corrected chi connectivity index (χ1v) is 9.38. The molecule has 1 aliphatic heterocycles.